The first-order chi connectivity index (χ1) is 9.16. The topological polar surface area (TPSA) is 59.4 Å². The van der Waals surface area contributed by atoms with Crippen molar-refractivity contribution in [3.05, 3.63) is 41.7 Å². The number of hydrogen-bond donors (Lipinski definition) is 1. The van der Waals surface area contributed by atoms with Crippen LogP contribution in [0.3, 0.4) is 0 Å². The number of carbonyl (C=O) groups is 1. The van der Waals surface area contributed by atoms with Crippen LogP contribution in [0.1, 0.15) is 35.9 Å². The lowest BCUT2D eigenvalue weighted by Crippen LogP contribution is -2.19. The van der Waals surface area contributed by atoms with Gasteiger partial charge in [0.25, 0.3) is 0 Å². The minimum atomic E-state index is -1.01. The maximum Gasteiger partial charge on any atom is 0.354 e. The summed E-state index contributed by atoms with van der Waals surface area (Å²) in [5.41, 5.74) is 0.731. The van der Waals surface area contributed by atoms with Gasteiger partial charge in [0.05, 0.1) is 18.9 Å². The van der Waals surface area contributed by atoms with Gasteiger partial charge in [-0.1, -0.05) is 25.1 Å². The Hall–Kier alpha value is -1.68. The summed E-state index contributed by atoms with van der Waals surface area (Å²) in [5, 5.41) is 8.86. The summed E-state index contributed by atoms with van der Waals surface area (Å²) in [6.07, 6.45) is 6.60. The molecule has 1 heterocycles. The third-order valence-electron chi connectivity index (χ3n) is 3.53. The number of hydrogen-bond acceptors (Lipinski definition) is 3. The molecule has 0 aliphatic heterocycles. The van der Waals surface area contributed by atoms with Crippen molar-refractivity contribution >= 4 is 5.97 Å². The number of rotatable bonds is 5. The van der Waals surface area contributed by atoms with Crippen LogP contribution in [0.5, 0.6) is 0 Å². The predicted molar refractivity (Wildman–Crippen MR) is 71.9 cm³/mol. The number of pyridine rings is 1. The lowest BCUT2D eigenvalue weighted by Gasteiger charge is -2.24. The molecule has 1 aliphatic carbocycles. The van der Waals surface area contributed by atoms with E-state index in [2.05, 4.69) is 24.1 Å². The van der Waals surface area contributed by atoms with E-state index >= 15 is 0 Å². The summed E-state index contributed by atoms with van der Waals surface area (Å²) in [4.78, 5) is 14.8. The molecule has 0 spiro atoms. The third kappa shape index (κ3) is 3.89. The summed E-state index contributed by atoms with van der Waals surface area (Å²) < 4.78 is 5.68. The molecule has 102 valence electrons. The number of aromatic carboxylic acids is 1. The summed E-state index contributed by atoms with van der Waals surface area (Å²) >= 11 is 0. The monoisotopic (exact) mass is 261 g/mol. The van der Waals surface area contributed by atoms with Crippen molar-refractivity contribution in [3.63, 3.8) is 0 Å². The normalized spacial score (nSPS) is 22.4. The summed E-state index contributed by atoms with van der Waals surface area (Å²) in [7, 11) is 0. The smallest absolute Gasteiger partial charge is 0.354 e. The molecule has 1 aromatic heterocycles. The molecule has 2 rings (SSSR count). The SMILES string of the molecule is CC1CC=CCC1COCc1cccc(C(=O)O)n1. The van der Waals surface area contributed by atoms with Gasteiger partial charge in [-0.05, 0) is 36.8 Å². The molecule has 1 aliphatic rings. The molecule has 0 bridgehead atoms. The number of carboxylic acid groups (broad SMARTS) is 1. The molecule has 19 heavy (non-hydrogen) atoms. The van der Waals surface area contributed by atoms with Crippen molar-refractivity contribution < 1.29 is 14.6 Å². The van der Waals surface area contributed by atoms with Crippen molar-refractivity contribution in [3.8, 4) is 0 Å². The van der Waals surface area contributed by atoms with Crippen molar-refractivity contribution in [2.45, 2.75) is 26.4 Å². The van der Waals surface area contributed by atoms with Crippen molar-refractivity contribution in [1.29, 1.82) is 0 Å². The molecule has 4 heteroatoms. The highest BCUT2D eigenvalue weighted by Gasteiger charge is 2.18. The zero-order chi connectivity index (χ0) is 13.7. The molecule has 0 amide bonds. The Kier molecular flexibility index (Phi) is 4.68. The minimum Gasteiger partial charge on any atom is -0.477 e. The van der Waals surface area contributed by atoms with Gasteiger partial charge in [0, 0.05) is 0 Å². The first-order valence-electron chi connectivity index (χ1n) is 6.59. The van der Waals surface area contributed by atoms with Crippen LogP contribution in [0.2, 0.25) is 0 Å². The second kappa shape index (κ2) is 6.48. The quantitative estimate of drug-likeness (QED) is 0.828. The highest BCUT2D eigenvalue weighted by molar-refractivity contribution is 5.85. The lowest BCUT2D eigenvalue weighted by molar-refractivity contribution is 0.0647. The molecular weight excluding hydrogens is 242 g/mol. The Morgan fingerprint density at radius 3 is 2.95 bits per heavy atom. The second-order valence-corrected chi connectivity index (χ2v) is 5.01. The van der Waals surface area contributed by atoms with Crippen LogP contribution in [-0.2, 0) is 11.3 Å². The molecular formula is C15H19NO3. The maximum atomic E-state index is 10.8. The van der Waals surface area contributed by atoms with Gasteiger partial charge in [0.15, 0.2) is 0 Å². The van der Waals surface area contributed by atoms with Crippen LogP contribution in [0.4, 0.5) is 0 Å². The van der Waals surface area contributed by atoms with Gasteiger partial charge in [-0.25, -0.2) is 9.78 Å². The Balaban J connectivity index is 1.84. The third-order valence-corrected chi connectivity index (χ3v) is 3.53. The highest BCUT2D eigenvalue weighted by Crippen LogP contribution is 2.25. The van der Waals surface area contributed by atoms with Gasteiger partial charge >= 0.3 is 5.97 Å². The van der Waals surface area contributed by atoms with Gasteiger partial charge in [-0.15, -0.1) is 0 Å². The summed E-state index contributed by atoms with van der Waals surface area (Å²) in [5.74, 6) is 0.184. The summed E-state index contributed by atoms with van der Waals surface area (Å²) in [6.45, 7) is 3.30. The van der Waals surface area contributed by atoms with Crippen LogP contribution >= 0.6 is 0 Å². The van der Waals surface area contributed by atoms with Crippen LogP contribution in [0.15, 0.2) is 30.4 Å². The fourth-order valence-corrected chi connectivity index (χ4v) is 2.23. The second-order valence-electron chi connectivity index (χ2n) is 5.01. The predicted octanol–water partition coefficient (Wildman–Crippen LogP) is 2.90. The van der Waals surface area contributed by atoms with E-state index in [0.717, 1.165) is 12.8 Å². The Labute approximate surface area is 113 Å². The average molecular weight is 261 g/mol. The number of ether oxygens (including phenoxy) is 1. The number of allylic oxidation sites excluding steroid dienone is 2. The van der Waals surface area contributed by atoms with E-state index in [1.807, 2.05) is 0 Å². The first kappa shape index (κ1) is 13.7. The van der Waals surface area contributed by atoms with Gasteiger partial charge < -0.3 is 9.84 Å². The fourth-order valence-electron chi connectivity index (χ4n) is 2.23. The minimum absolute atomic E-state index is 0.0649. The van der Waals surface area contributed by atoms with E-state index in [1.54, 1.807) is 12.1 Å². The van der Waals surface area contributed by atoms with E-state index in [0.29, 0.717) is 30.7 Å². The molecule has 0 radical (unpaired) electrons. The van der Waals surface area contributed by atoms with E-state index in [1.165, 1.54) is 6.07 Å². The molecule has 0 saturated heterocycles. The van der Waals surface area contributed by atoms with Crippen LogP contribution < -0.4 is 0 Å². The Morgan fingerprint density at radius 1 is 1.42 bits per heavy atom. The molecule has 0 saturated carbocycles. The molecule has 1 aromatic rings. The van der Waals surface area contributed by atoms with E-state index in [9.17, 15) is 4.79 Å². The Bertz CT molecular complexity index is 470. The first-order valence-corrected chi connectivity index (χ1v) is 6.59. The van der Waals surface area contributed by atoms with E-state index < -0.39 is 5.97 Å². The van der Waals surface area contributed by atoms with Crippen LogP contribution in [0.25, 0.3) is 0 Å². The number of nitrogens with zero attached hydrogens (tertiary/aromatic N) is 1. The fraction of sp³-hybridized carbons (Fsp3) is 0.467. The van der Waals surface area contributed by atoms with Gasteiger partial charge in [0.2, 0.25) is 0 Å². The van der Waals surface area contributed by atoms with Crippen molar-refractivity contribution in [2.24, 2.45) is 11.8 Å². The van der Waals surface area contributed by atoms with Gasteiger partial charge in [-0.2, -0.15) is 0 Å². The average Bonchev–Trinajstić information content (AvgIpc) is 2.41. The zero-order valence-corrected chi connectivity index (χ0v) is 11.1. The largest absolute Gasteiger partial charge is 0.477 e. The van der Waals surface area contributed by atoms with Crippen LogP contribution in [-0.4, -0.2) is 22.7 Å². The standard InChI is InChI=1S/C15H19NO3/c1-11-5-2-3-6-12(11)9-19-10-13-7-4-8-14(16-13)15(17)18/h2-4,7-8,11-12H,5-6,9-10H2,1H3,(H,17,18). The van der Waals surface area contributed by atoms with Gasteiger partial charge in [0.1, 0.15) is 5.69 Å². The molecule has 4 nitrogen and oxygen atoms in total. The molecule has 1 N–H and O–H groups in total. The van der Waals surface area contributed by atoms with E-state index in [4.69, 9.17) is 9.84 Å². The van der Waals surface area contributed by atoms with E-state index in [-0.39, 0.29) is 5.69 Å². The lowest BCUT2D eigenvalue weighted by atomic mass is 9.85. The van der Waals surface area contributed by atoms with Crippen molar-refractivity contribution in [2.75, 3.05) is 6.61 Å². The Morgan fingerprint density at radius 2 is 2.21 bits per heavy atom. The molecule has 0 fully saturated rings. The van der Waals surface area contributed by atoms with Gasteiger partial charge in [-0.3, -0.25) is 0 Å². The van der Waals surface area contributed by atoms with Crippen molar-refractivity contribution in [1.82, 2.24) is 4.98 Å². The maximum absolute atomic E-state index is 10.8. The number of carboxylic acids is 1. The molecule has 2 unspecified atom stereocenters. The molecule has 0 aromatic carbocycles. The highest BCUT2D eigenvalue weighted by atomic mass is 16.5. The zero-order valence-electron chi connectivity index (χ0n) is 11.1. The summed E-state index contributed by atoms with van der Waals surface area (Å²) in [6, 6.07) is 4.97. The van der Waals surface area contributed by atoms with Crippen LogP contribution in [0, 0.1) is 11.8 Å². The molecule has 2 atom stereocenters. The number of aromatic nitrogens is 1.